The Morgan fingerprint density at radius 1 is 1.45 bits per heavy atom. The molecule has 2 heterocycles. The van der Waals surface area contributed by atoms with Gasteiger partial charge in [0, 0.05) is 0 Å². The molecule has 0 radical (unpaired) electrons. The number of fused-ring (bicyclic) bond motifs is 1. The first-order valence-electron chi connectivity index (χ1n) is 6.48. The van der Waals surface area contributed by atoms with Gasteiger partial charge in [-0.25, -0.2) is 4.98 Å². The molecule has 2 N–H and O–H groups in total. The smallest absolute Gasteiger partial charge is 0.211 e. The van der Waals surface area contributed by atoms with Gasteiger partial charge in [0.1, 0.15) is 11.3 Å². The minimum Gasteiger partial charge on any atom is -0.488 e. The number of H-pyrrole nitrogens is 1. The summed E-state index contributed by atoms with van der Waals surface area (Å²) in [7, 11) is 0. The lowest BCUT2D eigenvalue weighted by Crippen LogP contribution is -2.07. The number of ether oxygens (including phenoxy) is 1. The van der Waals surface area contributed by atoms with E-state index in [-0.39, 0.29) is 6.10 Å². The third-order valence-corrected chi connectivity index (χ3v) is 2.86. The quantitative estimate of drug-likeness (QED) is 0.792. The van der Waals surface area contributed by atoms with Gasteiger partial charge in [-0.3, -0.25) is 9.59 Å². The first-order valence-corrected chi connectivity index (χ1v) is 6.48. The van der Waals surface area contributed by atoms with Gasteiger partial charge < -0.3 is 15.0 Å². The molecule has 0 saturated heterocycles. The van der Waals surface area contributed by atoms with E-state index in [1.54, 1.807) is 6.07 Å². The van der Waals surface area contributed by atoms with Gasteiger partial charge in [-0.05, 0) is 26.3 Å². The van der Waals surface area contributed by atoms with Crippen LogP contribution in [0.1, 0.15) is 37.0 Å². The number of anilines is 1. The number of carbonyl (C=O) groups is 2. The maximum absolute atomic E-state index is 11.1. The minimum absolute atomic E-state index is 0.0685. The molecule has 0 fully saturated rings. The van der Waals surface area contributed by atoms with Crippen LogP contribution >= 0.6 is 0 Å². The summed E-state index contributed by atoms with van der Waals surface area (Å²) in [6, 6.07) is 1.77. The van der Waals surface area contributed by atoms with Gasteiger partial charge in [-0.1, -0.05) is 6.92 Å². The predicted molar refractivity (Wildman–Crippen MR) is 76.3 cm³/mol. The molecule has 0 aliphatic rings. The number of aryl methyl sites for hydroxylation is 1. The highest BCUT2D eigenvalue weighted by Crippen LogP contribution is 2.32. The molecular weight excluding hydrogens is 258 g/mol. The SMILES string of the molecule is CCc1nc2[nH]c(C=O)c(OC(C)C)c2cc1NC=O. The van der Waals surface area contributed by atoms with Crippen molar-refractivity contribution >= 4 is 29.4 Å². The summed E-state index contributed by atoms with van der Waals surface area (Å²) >= 11 is 0. The highest BCUT2D eigenvalue weighted by molar-refractivity contribution is 5.96. The number of aldehydes is 1. The molecule has 0 bridgehead atoms. The molecule has 1 amide bonds. The second kappa shape index (κ2) is 5.73. The third kappa shape index (κ3) is 2.49. The van der Waals surface area contributed by atoms with E-state index in [1.807, 2.05) is 20.8 Å². The van der Waals surface area contributed by atoms with Gasteiger partial charge in [0.25, 0.3) is 0 Å². The van der Waals surface area contributed by atoms with E-state index in [9.17, 15) is 9.59 Å². The number of nitrogens with one attached hydrogen (secondary N) is 2. The van der Waals surface area contributed by atoms with Crippen LogP contribution < -0.4 is 10.1 Å². The summed E-state index contributed by atoms with van der Waals surface area (Å²) in [5.74, 6) is 0.467. The van der Waals surface area contributed by atoms with E-state index in [2.05, 4.69) is 15.3 Å². The second-order valence-electron chi connectivity index (χ2n) is 4.65. The summed E-state index contributed by atoms with van der Waals surface area (Å²) in [5.41, 5.74) is 2.31. The van der Waals surface area contributed by atoms with E-state index in [1.165, 1.54) is 0 Å². The van der Waals surface area contributed by atoms with E-state index in [0.717, 1.165) is 5.69 Å². The molecule has 20 heavy (non-hydrogen) atoms. The van der Waals surface area contributed by atoms with Crippen LogP contribution in [0.4, 0.5) is 5.69 Å². The van der Waals surface area contributed by atoms with Crippen molar-refractivity contribution in [3.63, 3.8) is 0 Å². The highest BCUT2D eigenvalue weighted by atomic mass is 16.5. The zero-order valence-electron chi connectivity index (χ0n) is 11.7. The van der Waals surface area contributed by atoms with Crippen molar-refractivity contribution in [1.29, 1.82) is 0 Å². The molecule has 2 aromatic heterocycles. The Hall–Kier alpha value is -2.37. The minimum atomic E-state index is -0.0685. The number of hydrogen-bond acceptors (Lipinski definition) is 4. The third-order valence-electron chi connectivity index (χ3n) is 2.86. The van der Waals surface area contributed by atoms with Crippen LogP contribution in [0.5, 0.6) is 5.75 Å². The first kappa shape index (κ1) is 14.0. The van der Waals surface area contributed by atoms with Crippen LogP contribution in [0.3, 0.4) is 0 Å². The Kier molecular flexibility index (Phi) is 4.02. The monoisotopic (exact) mass is 275 g/mol. The van der Waals surface area contributed by atoms with Crippen LogP contribution in [0, 0.1) is 0 Å². The van der Waals surface area contributed by atoms with E-state index >= 15 is 0 Å². The number of rotatable bonds is 6. The highest BCUT2D eigenvalue weighted by Gasteiger charge is 2.17. The molecule has 0 aliphatic heterocycles. The van der Waals surface area contributed by atoms with Crippen molar-refractivity contribution < 1.29 is 14.3 Å². The summed E-state index contributed by atoms with van der Waals surface area (Å²) < 4.78 is 5.68. The number of aromatic nitrogens is 2. The fourth-order valence-corrected chi connectivity index (χ4v) is 2.05. The molecule has 0 saturated carbocycles. The van der Waals surface area contributed by atoms with Gasteiger partial charge in [0.15, 0.2) is 12.0 Å². The maximum Gasteiger partial charge on any atom is 0.211 e. The molecule has 0 spiro atoms. The maximum atomic E-state index is 11.1. The molecule has 0 unspecified atom stereocenters. The lowest BCUT2D eigenvalue weighted by atomic mass is 10.2. The average Bonchev–Trinajstić information content (AvgIpc) is 2.75. The van der Waals surface area contributed by atoms with Gasteiger partial charge >= 0.3 is 0 Å². The van der Waals surface area contributed by atoms with E-state index in [4.69, 9.17) is 4.74 Å². The summed E-state index contributed by atoms with van der Waals surface area (Å²) in [4.78, 5) is 29.2. The fourth-order valence-electron chi connectivity index (χ4n) is 2.05. The zero-order chi connectivity index (χ0) is 14.7. The Bertz CT molecular complexity index is 647. The number of aromatic amines is 1. The van der Waals surface area contributed by atoms with Crippen LogP contribution in [0.15, 0.2) is 6.07 Å². The number of hydrogen-bond donors (Lipinski definition) is 2. The molecule has 2 aromatic rings. The van der Waals surface area contributed by atoms with Crippen molar-refractivity contribution in [3.05, 3.63) is 17.5 Å². The molecule has 0 aliphatic carbocycles. The Balaban J connectivity index is 2.67. The summed E-state index contributed by atoms with van der Waals surface area (Å²) in [6.45, 7) is 5.71. The van der Waals surface area contributed by atoms with Gasteiger partial charge in [-0.2, -0.15) is 0 Å². The summed E-state index contributed by atoms with van der Waals surface area (Å²) in [5, 5.41) is 3.31. The van der Waals surface area contributed by atoms with E-state index in [0.29, 0.717) is 47.3 Å². The average molecular weight is 275 g/mol. The lowest BCUT2D eigenvalue weighted by Gasteiger charge is -2.10. The van der Waals surface area contributed by atoms with Crippen molar-refractivity contribution in [2.45, 2.75) is 33.3 Å². The second-order valence-corrected chi connectivity index (χ2v) is 4.65. The van der Waals surface area contributed by atoms with Crippen LogP contribution in [-0.2, 0) is 11.2 Å². The normalized spacial score (nSPS) is 10.8. The summed E-state index contributed by atoms with van der Waals surface area (Å²) in [6.07, 6.45) is 1.92. The van der Waals surface area contributed by atoms with Crippen LogP contribution in [-0.4, -0.2) is 28.8 Å². The largest absolute Gasteiger partial charge is 0.488 e. The van der Waals surface area contributed by atoms with E-state index < -0.39 is 0 Å². The first-order chi connectivity index (χ1) is 9.60. The molecule has 106 valence electrons. The van der Waals surface area contributed by atoms with Crippen molar-refractivity contribution in [2.24, 2.45) is 0 Å². The lowest BCUT2D eigenvalue weighted by molar-refractivity contribution is -0.105. The van der Waals surface area contributed by atoms with Crippen molar-refractivity contribution in [3.8, 4) is 5.75 Å². The van der Waals surface area contributed by atoms with Crippen molar-refractivity contribution in [1.82, 2.24) is 9.97 Å². The number of pyridine rings is 1. The number of amides is 1. The molecule has 6 nitrogen and oxygen atoms in total. The molecule has 6 heteroatoms. The zero-order valence-corrected chi connectivity index (χ0v) is 11.7. The fraction of sp³-hybridized carbons (Fsp3) is 0.357. The van der Waals surface area contributed by atoms with Crippen LogP contribution in [0.25, 0.3) is 11.0 Å². The number of carbonyl (C=O) groups excluding carboxylic acids is 2. The van der Waals surface area contributed by atoms with Gasteiger partial charge in [0.2, 0.25) is 6.41 Å². The predicted octanol–water partition coefficient (Wildman–Crippen LogP) is 2.29. The standard InChI is InChI=1S/C14H17N3O3/c1-4-10-11(15-7-19)5-9-13(20-8(2)3)12(6-18)17-14(9)16-10/h5-8H,4H2,1-3H3,(H,15,19)(H,16,17). The Labute approximate surface area is 116 Å². The Morgan fingerprint density at radius 2 is 2.20 bits per heavy atom. The van der Waals surface area contributed by atoms with Crippen LogP contribution in [0.2, 0.25) is 0 Å². The van der Waals surface area contributed by atoms with Crippen molar-refractivity contribution in [2.75, 3.05) is 5.32 Å². The molecular formula is C14H17N3O3. The molecule has 0 aromatic carbocycles. The van der Waals surface area contributed by atoms with Gasteiger partial charge in [-0.15, -0.1) is 0 Å². The van der Waals surface area contributed by atoms with Gasteiger partial charge in [0.05, 0.1) is 22.9 Å². The molecule has 0 atom stereocenters. The molecule has 2 rings (SSSR count). The topological polar surface area (TPSA) is 84.1 Å². The Morgan fingerprint density at radius 3 is 2.75 bits per heavy atom. The number of nitrogens with zero attached hydrogens (tertiary/aromatic N) is 1.